The van der Waals surface area contributed by atoms with E-state index in [1.165, 1.54) is 29.7 Å². The van der Waals surface area contributed by atoms with Crippen molar-refractivity contribution in [3.8, 4) is 0 Å². The summed E-state index contributed by atoms with van der Waals surface area (Å²) in [5.74, 6) is -0.513. The molecular formula is C19H22N2O4S. The maximum atomic E-state index is 12.3. The van der Waals surface area contributed by atoms with E-state index in [1.54, 1.807) is 45.0 Å². The fourth-order valence-electron chi connectivity index (χ4n) is 2.16. The maximum Gasteiger partial charge on any atom is 0.244 e. The van der Waals surface area contributed by atoms with E-state index in [2.05, 4.69) is 5.32 Å². The van der Waals surface area contributed by atoms with Crippen LogP contribution in [0.25, 0.3) is 0 Å². The van der Waals surface area contributed by atoms with Crippen molar-refractivity contribution in [3.05, 3.63) is 40.9 Å². The van der Waals surface area contributed by atoms with Gasteiger partial charge in [0.1, 0.15) is 6.54 Å². The van der Waals surface area contributed by atoms with Gasteiger partial charge < -0.3 is 5.32 Å². The topological polar surface area (TPSA) is 83.6 Å². The molecule has 0 aromatic heterocycles. The molecule has 1 saturated heterocycles. The summed E-state index contributed by atoms with van der Waals surface area (Å²) in [4.78, 5) is 49.1. The monoisotopic (exact) mass is 374 g/mol. The molecule has 1 aliphatic rings. The van der Waals surface area contributed by atoms with Crippen molar-refractivity contribution in [2.24, 2.45) is 5.41 Å². The molecule has 2 rings (SSSR count). The highest BCUT2D eigenvalue weighted by atomic mass is 32.2. The number of thioether (sulfide) groups is 1. The molecule has 1 aliphatic heterocycles. The molecule has 0 radical (unpaired) electrons. The number of Topliss-reactive ketones (excluding diaryl/α,β-unsaturated/α-hetero) is 1. The lowest BCUT2D eigenvalue weighted by atomic mass is 9.91. The second-order valence-corrected chi connectivity index (χ2v) is 8.04. The van der Waals surface area contributed by atoms with E-state index in [9.17, 15) is 19.2 Å². The van der Waals surface area contributed by atoms with Gasteiger partial charge in [-0.2, -0.15) is 0 Å². The molecule has 2 amide bonds. The van der Waals surface area contributed by atoms with E-state index in [0.717, 1.165) is 0 Å². The Hall–Kier alpha value is -2.41. The van der Waals surface area contributed by atoms with Gasteiger partial charge in [-0.25, -0.2) is 0 Å². The van der Waals surface area contributed by atoms with Gasteiger partial charge in [-0.15, -0.1) is 0 Å². The number of rotatable bonds is 5. The molecule has 0 saturated carbocycles. The fraction of sp³-hybridized carbons (Fsp3) is 0.368. The summed E-state index contributed by atoms with van der Waals surface area (Å²) in [6, 6.07) is 6.52. The van der Waals surface area contributed by atoms with Crippen molar-refractivity contribution >= 4 is 40.8 Å². The number of nitrogens with zero attached hydrogens (tertiary/aromatic N) is 1. The van der Waals surface area contributed by atoms with Crippen LogP contribution in [0.15, 0.2) is 35.4 Å². The van der Waals surface area contributed by atoms with Crippen LogP contribution in [0, 0.1) is 5.41 Å². The number of carbonyl (C=O) groups is 4. The molecule has 0 atom stereocenters. The molecule has 0 unspecified atom stereocenters. The number of allylic oxidation sites excluding steroid dienone is 1. The van der Waals surface area contributed by atoms with Crippen molar-refractivity contribution in [1.82, 2.24) is 4.90 Å². The van der Waals surface area contributed by atoms with Crippen LogP contribution in [0.2, 0.25) is 0 Å². The van der Waals surface area contributed by atoms with Crippen molar-refractivity contribution in [1.29, 1.82) is 0 Å². The first kappa shape index (κ1) is 19.9. The summed E-state index contributed by atoms with van der Waals surface area (Å²) >= 11 is 1.26. The van der Waals surface area contributed by atoms with E-state index >= 15 is 0 Å². The number of carbonyl (C=O) groups excluding carboxylic acids is 4. The molecule has 1 N–H and O–H groups in total. The normalized spacial score (nSPS) is 16.1. The third-order valence-corrected chi connectivity index (χ3v) is 4.81. The van der Waals surface area contributed by atoms with E-state index in [0.29, 0.717) is 16.3 Å². The SMILES string of the molecule is CC(=O)c1ccc(NC(=O)CN2C(=O)CS/C2=C\C(=O)C(C)(C)C)cc1. The van der Waals surface area contributed by atoms with Crippen LogP contribution in [-0.4, -0.2) is 40.6 Å². The Morgan fingerprint density at radius 3 is 2.35 bits per heavy atom. The molecule has 7 heteroatoms. The average Bonchev–Trinajstić information content (AvgIpc) is 2.87. The van der Waals surface area contributed by atoms with Crippen LogP contribution < -0.4 is 5.32 Å². The van der Waals surface area contributed by atoms with Crippen LogP contribution in [0.1, 0.15) is 38.1 Å². The molecule has 0 bridgehead atoms. The predicted molar refractivity (Wildman–Crippen MR) is 102 cm³/mol. The van der Waals surface area contributed by atoms with Gasteiger partial charge in [0, 0.05) is 22.7 Å². The predicted octanol–water partition coefficient (Wildman–Crippen LogP) is 2.86. The first-order chi connectivity index (χ1) is 12.1. The fourth-order valence-corrected chi connectivity index (χ4v) is 3.10. The maximum absolute atomic E-state index is 12.3. The highest BCUT2D eigenvalue weighted by Gasteiger charge is 2.30. The second kappa shape index (κ2) is 7.86. The Kier molecular flexibility index (Phi) is 6.02. The smallest absolute Gasteiger partial charge is 0.244 e. The van der Waals surface area contributed by atoms with Gasteiger partial charge in [0.05, 0.1) is 10.8 Å². The zero-order valence-electron chi connectivity index (χ0n) is 15.3. The molecule has 1 fully saturated rings. The molecule has 1 aromatic rings. The minimum atomic E-state index is -0.550. The summed E-state index contributed by atoms with van der Waals surface area (Å²) in [5.41, 5.74) is 0.543. The first-order valence-electron chi connectivity index (χ1n) is 8.18. The lowest BCUT2D eigenvalue weighted by molar-refractivity contribution is -0.129. The zero-order valence-corrected chi connectivity index (χ0v) is 16.1. The summed E-state index contributed by atoms with van der Waals surface area (Å²) in [6.45, 7) is 6.71. The van der Waals surface area contributed by atoms with Crippen LogP contribution >= 0.6 is 11.8 Å². The minimum Gasteiger partial charge on any atom is -0.325 e. The van der Waals surface area contributed by atoms with Crippen LogP contribution in [0.5, 0.6) is 0 Å². The molecule has 6 nitrogen and oxygen atoms in total. The number of hydrogen-bond donors (Lipinski definition) is 1. The standard InChI is InChI=1S/C19H22N2O4S/c1-12(22)13-5-7-14(8-6-13)20-16(24)10-21-17(25)11-26-18(21)9-15(23)19(2,3)4/h5-9H,10-11H2,1-4H3,(H,20,24)/b18-9-. The molecule has 1 heterocycles. The number of nitrogens with one attached hydrogen (secondary N) is 1. The van der Waals surface area contributed by atoms with Crippen LogP contribution in [0.3, 0.4) is 0 Å². The Morgan fingerprint density at radius 2 is 1.81 bits per heavy atom. The molecule has 138 valence electrons. The molecule has 1 aromatic carbocycles. The molecule has 26 heavy (non-hydrogen) atoms. The van der Waals surface area contributed by atoms with Gasteiger partial charge in [0.15, 0.2) is 11.6 Å². The van der Waals surface area contributed by atoms with E-state index in [-0.39, 0.29) is 35.7 Å². The van der Waals surface area contributed by atoms with Crippen LogP contribution in [0.4, 0.5) is 5.69 Å². The second-order valence-electron chi connectivity index (χ2n) is 7.05. The lowest BCUT2D eigenvalue weighted by Gasteiger charge is -2.19. The highest BCUT2D eigenvalue weighted by molar-refractivity contribution is 8.04. The zero-order chi connectivity index (χ0) is 19.5. The highest BCUT2D eigenvalue weighted by Crippen LogP contribution is 2.30. The van der Waals surface area contributed by atoms with E-state index in [4.69, 9.17) is 0 Å². The summed E-state index contributed by atoms with van der Waals surface area (Å²) in [7, 11) is 0. The molecule has 0 aliphatic carbocycles. The van der Waals surface area contributed by atoms with Gasteiger partial charge in [0.2, 0.25) is 11.8 Å². The van der Waals surface area contributed by atoms with Crippen molar-refractivity contribution < 1.29 is 19.2 Å². The summed E-state index contributed by atoms with van der Waals surface area (Å²) in [5, 5.41) is 3.19. The largest absolute Gasteiger partial charge is 0.325 e. The molecular weight excluding hydrogens is 352 g/mol. The third-order valence-electron chi connectivity index (χ3n) is 3.78. The Labute approximate surface area is 157 Å². The van der Waals surface area contributed by atoms with Gasteiger partial charge in [-0.3, -0.25) is 24.1 Å². The number of ketones is 2. The van der Waals surface area contributed by atoms with Crippen molar-refractivity contribution in [3.63, 3.8) is 0 Å². The summed E-state index contributed by atoms with van der Waals surface area (Å²) in [6.07, 6.45) is 1.44. The van der Waals surface area contributed by atoms with Crippen molar-refractivity contribution in [2.45, 2.75) is 27.7 Å². The number of anilines is 1. The number of benzene rings is 1. The Bertz CT molecular complexity index is 776. The van der Waals surface area contributed by atoms with Gasteiger partial charge in [-0.05, 0) is 31.2 Å². The quantitative estimate of drug-likeness (QED) is 0.633. The number of hydrogen-bond acceptors (Lipinski definition) is 5. The lowest BCUT2D eigenvalue weighted by Crippen LogP contribution is -2.34. The van der Waals surface area contributed by atoms with Crippen molar-refractivity contribution in [2.75, 3.05) is 17.6 Å². The Balaban J connectivity index is 2.06. The third kappa shape index (κ3) is 5.05. The minimum absolute atomic E-state index is 0.0548. The van der Waals surface area contributed by atoms with Gasteiger partial charge >= 0.3 is 0 Å². The summed E-state index contributed by atoms with van der Waals surface area (Å²) < 4.78 is 0. The number of amides is 2. The van der Waals surface area contributed by atoms with Gasteiger partial charge in [-0.1, -0.05) is 32.5 Å². The first-order valence-corrected chi connectivity index (χ1v) is 9.16. The average molecular weight is 374 g/mol. The van der Waals surface area contributed by atoms with Crippen LogP contribution in [-0.2, 0) is 14.4 Å². The van der Waals surface area contributed by atoms with E-state index < -0.39 is 5.41 Å². The molecule has 0 spiro atoms. The van der Waals surface area contributed by atoms with Gasteiger partial charge in [0.25, 0.3) is 0 Å². The van der Waals surface area contributed by atoms with E-state index in [1.807, 2.05) is 0 Å². The Morgan fingerprint density at radius 1 is 1.19 bits per heavy atom.